The second-order valence-corrected chi connectivity index (χ2v) is 8.04. The van der Waals surface area contributed by atoms with Crippen molar-refractivity contribution in [1.29, 1.82) is 0 Å². The highest BCUT2D eigenvalue weighted by Crippen LogP contribution is 2.18. The van der Waals surface area contributed by atoms with Gasteiger partial charge in [0.15, 0.2) is 11.6 Å². The standard InChI is InChI=1S/C27H18F2N4O3/c28-21-9-8-17(14-22(21)29)16-32-12-3-6-20(27(32)36)25(34)31-19-5-1-4-18(15-19)26(35)33-13-10-23-24(33)7-2-11-30-23/h1-15H,16H2,(H,31,34). The summed E-state index contributed by atoms with van der Waals surface area (Å²) in [6.45, 7) is -0.0408. The molecule has 0 aliphatic carbocycles. The summed E-state index contributed by atoms with van der Waals surface area (Å²) in [5, 5.41) is 2.65. The van der Waals surface area contributed by atoms with Crippen LogP contribution in [0.5, 0.6) is 0 Å². The average molecular weight is 484 g/mol. The lowest BCUT2D eigenvalue weighted by atomic mass is 10.1. The number of carbonyl (C=O) groups is 2. The largest absolute Gasteiger partial charge is 0.322 e. The molecule has 0 aliphatic rings. The van der Waals surface area contributed by atoms with E-state index in [1.165, 1.54) is 39.6 Å². The van der Waals surface area contributed by atoms with Crippen molar-refractivity contribution in [3.05, 3.63) is 130 Å². The highest BCUT2D eigenvalue weighted by Gasteiger charge is 2.16. The summed E-state index contributed by atoms with van der Waals surface area (Å²) >= 11 is 0. The number of aromatic nitrogens is 3. The molecule has 36 heavy (non-hydrogen) atoms. The van der Waals surface area contributed by atoms with Crippen LogP contribution in [0.4, 0.5) is 14.5 Å². The molecule has 0 saturated heterocycles. The molecule has 0 atom stereocenters. The first-order valence-corrected chi connectivity index (χ1v) is 10.9. The van der Waals surface area contributed by atoms with Gasteiger partial charge in [-0.2, -0.15) is 0 Å². The molecule has 0 bridgehead atoms. The van der Waals surface area contributed by atoms with Crippen molar-refractivity contribution >= 4 is 28.5 Å². The van der Waals surface area contributed by atoms with Gasteiger partial charge in [0, 0.05) is 29.8 Å². The molecule has 5 rings (SSSR count). The first-order chi connectivity index (χ1) is 17.4. The number of amides is 1. The Labute approximate surface area is 203 Å². The van der Waals surface area contributed by atoms with Crippen LogP contribution < -0.4 is 10.9 Å². The van der Waals surface area contributed by atoms with E-state index in [4.69, 9.17) is 0 Å². The first-order valence-electron chi connectivity index (χ1n) is 10.9. The summed E-state index contributed by atoms with van der Waals surface area (Å²) < 4.78 is 29.4. The number of benzene rings is 2. The van der Waals surface area contributed by atoms with Gasteiger partial charge in [-0.25, -0.2) is 8.78 Å². The molecule has 3 aromatic heterocycles. The Hall–Kier alpha value is -4.92. The van der Waals surface area contributed by atoms with Gasteiger partial charge in [-0.3, -0.25) is 23.9 Å². The Balaban J connectivity index is 1.37. The van der Waals surface area contributed by atoms with Crippen molar-refractivity contribution in [1.82, 2.24) is 14.1 Å². The second kappa shape index (κ2) is 9.38. The van der Waals surface area contributed by atoms with Gasteiger partial charge in [-0.1, -0.05) is 12.1 Å². The Morgan fingerprint density at radius 1 is 0.889 bits per heavy atom. The zero-order valence-corrected chi connectivity index (χ0v) is 18.7. The van der Waals surface area contributed by atoms with Crippen LogP contribution in [-0.4, -0.2) is 25.9 Å². The van der Waals surface area contributed by atoms with E-state index in [9.17, 15) is 23.2 Å². The summed E-state index contributed by atoms with van der Waals surface area (Å²) in [6, 6.07) is 17.9. The molecule has 0 unspecified atom stereocenters. The van der Waals surface area contributed by atoms with E-state index in [2.05, 4.69) is 10.3 Å². The molecular formula is C27H18F2N4O3. The third-order valence-electron chi connectivity index (χ3n) is 5.65. The van der Waals surface area contributed by atoms with Gasteiger partial charge in [-0.15, -0.1) is 0 Å². The Bertz CT molecular complexity index is 1690. The molecule has 178 valence electrons. The van der Waals surface area contributed by atoms with Gasteiger partial charge < -0.3 is 9.88 Å². The van der Waals surface area contributed by atoms with E-state index in [-0.39, 0.29) is 18.0 Å². The van der Waals surface area contributed by atoms with Crippen molar-refractivity contribution < 1.29 is 18.4 Å². The molecule has 0 spiro atoms. The van der Waals surface area contributed by atoms with Crippen LogP contribution in [0, 0.1) is 11.6 Å². The first kappa shape index (κ1) is 22.9. The number of nitrogens with zero attached hydrogens (tertiary/aromatic N) is 3. The Kier molecular flexibility index (Phi) is 5.95. The Morgan fingerprint density at radius 3 is 2.58 bits per heavy atom. The highest BCUT2D eigenvalue weighted by molar-refractivity contribution is 6.06. The third kappa shape index (κ3) is 4.41. The smallest absolute Gasteiger partial charge is 0.263 e. The minimum atomic E-state index is -1.02. The van der Waals surface area contributed by atoms with E-state index in [1.807, 2.05) is 0 Å². The van der Waals surface area contributed by atoms with Crippen molar-refractivity contribution in [2.75, 3.05) is 5.32 Å². The zero-order chi connectivity index (χ0) is 25.2. The molecule has 1 N–H and O–H groups in total. The number of anilines is 1. The molecule has 0 fully saturated rings. The van der Waals surface area contributed by atoms with Crippen molar-refractivity contribution in [3.8, 4) is 0 Å². The van der Waals surface area contributed by atoms with E-state index in [0.717, 1.165) is 12.1 Å². The minimum absolute atomic E-state index is 0.0408. The van der Waals surface area contributed by atoms with E-state index in [1.54, 1.807) is 48.8 Å². The summed E-state index contributed by atoms with van der Waals surface area (Å²) in [5.41, 5.74) is 1.63. The second-order valence-electron chi connectivity index (χ2n) is 8.04. The maximum Gasteiger partial charge on any atom is 0.263 e. The molecule has 9 heteroatoms. The van der Waals surface area contributed by atoms with Crippen molar-refractivity contribution in [3.63, 3.8) is 0 Å². The van der Waals surface area contributed by atoms with Crippen molar-refractivity contribution in [2.24, 2.45) is 0 Å². The monoisotopic (exact) mass is 484 g/mol. The molecule has 0 aliphatic heterocycles. The number of carbonyl (C=O) groups excluding carboxylic acids is 2. The van der Waals surface area contributed by atoms with Crippen LogP contribution >= 0.6 is 0 Å². The minimum Gasteiger partial charge on any atom is -0.322 e. The predicted molar refractivity (Wildman–Crippen MR) is 130 cm³/mol. The van der Waals surface area contributed by atoms with E-state index in [0.29, 0.717) is 27.8 Å². The van der Waals surface area contributed by atoms with Crippen LogP contribution in [0.2, 0.25) is 0 Å². The van der Waals surface area contributed by atoms with Gasteiger partial charge >= 0.3 is 0 Å². The maximum atomic E-state index is 13.5. The molecule has 0 saturated carbocycles. The molecule has 2 aromatic carbocycles. The fourth-order valence-corrected chi connectivity index (χ4v) is 3.88. The summed E-state index contributed by atoms with van der Waals surface area (Å²) in [6.07, 6.45) is 4.73. The third-order valence-corrected chi connectivity index (χ3v) is 5.65. The van der Waals surface area contributed by atoms with Gasteiger partial charge in [0.2, 0.25) is 0 Å². The lowest BCUT2D eigenvalue weighted by Gasteiger charge is -2.10. The molecule has 5 aromatic rings. The molecule has 0 radical (unpaired) electrons. The fourth-order valence-electron chi connectivity index (χ4n) is 3.88. The van der Waals surface area contributed by atoms with Gasteiger partial charge in [0.1, 0.15) is 5.56 Å². The van der Waals surface area contributed by atoms with E-state index >= 15 is 0 Å². The topological polar surface area (TPSA) is 86.0 Å². The predicted octanol–water partition coefficient (Wildman–Crippen LogP) is 4.47. The van der Waals surface area contributed by atoms with Crippen LogP contribution in [0.3, 0.4) is 0 Å². The number of hydrogen-bond donors (Lipinski definition) is 1. The summed E-state index contributed by atoms with van der Waals surface area (Å²) in [4.78, 5) is 43.1. The normalized spacial score (nSPS) is 10.9. The van der Waals surface area contributed by atoms with Gasteiger partial charge in [0.25, 0.3) is 17.4 Å². The molecular weight excluding hydrogens is 466 g/mol. The lowest BCUT2D eigenvalue weighted by molar-refractivity contribution is 0.0963. The Morgan fingerprint density at radius 2 is 1.75 bits per heavy atom. The molecule has 7 nitrogen and oxygen atoms in total. The number of nitrogens with one attached hydrogen (secondary N) is 1. The number of rotatable bonds is 5. The highest BCUT2D eigenvalue weighted by atomic mass is 19.2. The number of pyridine rings is 2. The van der Waals surface area contributed by atoms with Crippen LogP contribution in [0.15, 0.2) is 96.2 Å². The number of fused-ring (bicyclic) bond motifs is 1. The average Bonchev–Trinajstić information content (AvgIpc) is 3.31. The molecule has 3 heterocycles. The quantitative estimate of drug-likeness (QED) is 0.399. The van der Waals surface area contributed by atoms with E-state index < -0.39 is 23.1 Å². The maximum absolute atomic E-state index is 13.5. The number of hydrogen-bond acceptors (Lipinski definition) is 4. The summed E-state index contributed by atoms with van der Waals surface area (Å²) in [7, 11) is 0. The zero-order valence-electron chi connectivity index (χ0n) is 18.7. The van der Waals surface area contributed by atoms with Crippen molar-refractivity contribution in [2.45, 2.75) is 6.54 Å². The fraction of sp³-hybridized carbons (Fsp3) is 0.0370. The summed E-state index contributed by atoms with van der Waals surface area (Å²) in [5.74, 6) is -2.97. The number of halogens is 2. The lowest BCUT2D eigenvalue weighted by Crippen LogP contribution is -2.29. The van der Waals surface area contributed by atoms with Gasteiger partial charge in [-0.05, 0) is 66.2 Å². The van der Waals surface area contributed by atoms with Gasteiger partial charge in [0.05, 0.1) is 17.6 Å². The van der Waals surface area contributed by atoms with Crippen LogP contribution in [0.25, 0.3) is 11.0 Å². The molecule has 1 amide bonds. The van der Waals surface area contributed by atoms with Crippen LogP contribution in [0.1, 0.15) is 26.3 Å². The van der Waals surface area contributed by atoms with Crippen LogP contribution in [-0.2, 0) is 6.54 Å². The SMILES string of the molecule is O=C(Nc1cccc(C(=O)n2ccc3ncccc32)c1)c1cccn(Cc2ccc(F)c(F)c2)c1=O.